The molecular formula is C36H54N2O3. The van der Waals surface area contributed by atoms with Gasteiger partial charge in [0.15, 0.2) is 0 Å². The van der Waals surface area contributed by atoms with Gasteiger partial charge < -0.3 is 9.47 Å². The molecule has 5 heteroatoms. The Bertz CT molecular complexity index is 983. The molecule has 0 aliphatic carbocycles. The summed E-state index contributed by atoms with van der Waals surface area (Å²) < 4.78 is 11.0. The summed E-state index contributed by atoms with van der Waals surface area (Å²) in [6.07, 6.45) is 21.2. The first kappa shape index (κ1) is 34.3. The van der Waals surface area contributed by atoms with Crippen LogP contribution in [0.2, 0.25) is 0 Å². The number of ether oxygens (including phenoxy) is 2. The molecule has 0 radical (unpaired) electrons. The quantitative estimate of drug-likeness (QED) is 0.0553. The number of unbranched alkanes of at least 4 members (excludes halogenated alkanes) is 14. The van der Waals surface area contributed by atoms with Crippen LogP contribution >= 0.6 is 0 Å². The SMILES string of the molecule is C=C(C)C(=O)OCCCCCCCCCCOc1ccc(N=Nc2ccc(CCCCCCCCCC)cc2)cc1. The van der Waals surface area contributed by atoms with Gasteiger partial charge in [-0.2, -0.15) is 10.2 Å². The molecule has 226 valence electrons. The van der Waals surface area contributed by atoms with Gasteiger partial charge in [0.2, 0.25) is 0 Å². The molecule has 0 amide bonds. The summed E-state index contributed by atoms with van der Waals surface area (Å²) in [5.74, 6) is 0.593. The second-order valence-electron chi connectivity index (χ2n) is 11.2. The van der Waals surface area contributed by atoms with E-state index in [1.165, 1.54) is 89.0 Å². The van der Waals surface area contributed by atoms with Crippen LogP contribution in [0.5, 0.6) is 5.75 Å². The van der Waals surface area contributed by atoms with Gasteiger partial charge in [0, 0.05) is 5.57 Å². The number of hydrogen-bond acceptors (Lipinski definition) is 5. The van der Waals surface area contributed by atoms with Crippen LogP contribution in [0.15, 0.2) is 70.9 Å². The average molecular weight is 563 g/mol. The maximum absolute atomic E-state index is 11.3. The highest BCUT2D eigenvalue weighted by molar-refractivity contribution is 5.86. The molecule has 0 saturated carbocycles. The van der Waals surface area contributed by atoms with Crippen LogP contribution in [0.25, 0.3) is 0 Å². The third kappa shape index (κ3) is 17.5. The van der Waals surface area contributed by atoms with E-state index in [2.05, 4.69) is 48.0 Å². The summed E-state index contributed by atoms with van der Waals surface area (Å²) in [5, 5.41) is 8.78. The Morgan fingerprint density at radius 3 is 1.63 bits per heavy atom. The number of aryl methyl sites for hydroxylation is 1. The number of hydrogen-bond donors (Lipinski definition) is 0. The first-order chi connectivity index (χ1) is 20.1. The van der Waals surface area contributed by atoms with E-state index in [-0.39, 0.29) is 5.97 Å². The van der Waals surface area contributed by atoms with Gasteiger partial charge in [0.25, 0.3) is 0 Å². The van der Waals surface area contributed by atoms with Gasteiger partial charge in [-0.15, -0.1) is 0 Å². The van der Waals surface area contributed by atoms with Crippen LogP contribution in [-0.2, 0) is 16.0 Å². The summed E-state index contributed by atoms with van der Waals surface area (Å²) in [6.45, 7) is 8.77. The van der Waals surface area contributed by atoms with Crippen molar-refractivity contribution in [3.63, 3.8) is 0 Å². The lowest BCUT2D eigenvalue weighted by molar-refractivity contribution is -0.139. The number of rotatable bonds is 24. The van der Waals surface area contributed by atoms with Crippen LogP contribution in [0.1, 0.15) is 122 Å². The molecule has 5 nitrogen and oxygen atoms in total. The molecule has 41 heavy (non-hydrogen) atoms. The minimum atomic E-state index is -0.283. The van der Waals surface area contributed by atoms with E-state index in [0.29, 0.717) is 12.2 Å². The Hall–Kier alpha value is -2.95. The fourth-order valence-corrected chi connectivity index (χ4v) is 4.66. The van der Waals surface area contributed by atoms with Crippen molar-refractivity contribution < 1.29 is 14.3 Å². The number of nitrogens with zero attached hydrogens (tertiary/aromatic N) is 2. The van der Waals surface area contributed by atoms with Crippen molar-refractivity contribution in [1.29, 1.82) is 0 Å². The van der Waals surface area contributed by atoms with Gasteiger partial charge in [0.1, 0.15) is 5.75 Å². The largest absolute Gasteiger partial charge is 0.494 e. The number of benzene rings is 2. The van der Waals surface area contributed by atoms with Gasteiger partial charge in [-0.1, -0.05) is 109 Å². The van der Waals surface area contributed by atoms with Gasteiger partial charge in [-0.05, 0) is 74.6 Å². The summed E-state index contributed by atoms with van der Waals surface area (Å²) in [6, 6.07) is 16.3. The van der Waals surface area contributed by atoms with Crippen molar-refractivity contribution >= 4 is 17.3 Å². The topological polar surface area (TPSA) is 60.2 Å². The Kier molecular flexibility index (Phi) is 19.0. The monoisotopic (exact) mass is 562 g/mol. The van der Waals surface area contributed by atoms with E-state index < -0.39 is 0 Å². The molecule has 0 unspecified atom stereocenters. The van der Waals surface area contributed by atoms with E-state index in [1.807, 2.05) is 24.3 Å². The molecular weight excluding hydrogens is 508 g/mol. The summed E-state index contributed by atoms with van der Waals surface area (Å²) >= 11 is 0. The zero-order valence-electron chi connectivity index (χ0n) is 25.9. The standard InChI is InChI=1S/C36H54N2O3/c1-4-5-6-7-8-11-14-17-20-32-21-23-33(24-22-32)37-38-34-25-27-35(28-26-34)40-29-18-15-12-9-10-13-16-19-30-41-36(39)31(2)3/h21-28H,2,4-20,29-30H2,1,3H3. The van der Waals surface area contributed by atoms with Gasteiger partial charge >= 0.3 is 5.97 Å². The molecule has 0 aliphatic heterocycles. The molecule has 0 aliphatic rings. The van der Waals surface area contributed by atoms with Crippen molar-refractivity contribution in [1.82, 2.24) is 0 Å². The molecule has 0 saturated heterocycles. The summed E-state index contributed by atoms with van der Waals surface area (Å²) in [7, 11) is 0. The van der Waals surface area contributed by atoms with E-state index in [4.69, 9.17) is 9.47 Å². The van der Waals surface area contributed by atoms with Crippen LogP contribution in [-0.4, -0.2) is 19.2 Å². The molecule has 0 heterocycles. The Balaban J connectivity index is 1.49. The molecule has 2 rings (SSSR count). The Labute approximate surface area is 249 Å². The normalized spacial score (nSPS) is 11.2. The molecule has 2 aromatic rings. The fourth-order valence-electron chi connectivity index (χ4n) is 4.66. The molecule has 0 aromatic heterocycles. The Morgan fingerprint density at radius 1 is 0.634 bits per heavy atom. The van der Waals surface area contributed by atoms with Crippen molar-refractivity contribution in [2.45, 2.75) is 123 Å². The molecule has 0 bridgehead atoms. The first-order valence-electron chi connectivity index (χ1n) is 16.1. The summed E-state index contributed by atoms with van der Waals surface area (Å²) in [5.41, 5.74) is 3.56. The number of carbonyl (C=O) groups is 1. The van der Waals surface area contributed by atoms with Crippen molar-refractivity contribution in [3.8, 4) is 5.75 Å². The van der Waals surface area contributed by atoms with Crippen molar-refractivity contribution in [3.05, 3.63) is 66.2 Å². The minimum Gasteiger partial charge on any atom is -0.494 e. The maximum atomic E-state index is 11.3. The second-order valence-corrected chi connectivity index (χ2v) is 11.2. The zero-order chi connectivity index (χ0) is 29.4. The highest BCUT2D eigenvalue weighted by atomic mass is 16.5. The maximum Gasteiger partial charge on any atom is 0.333 e. The number of carbonyl (C=O) groups excluding carboxylic acids is 1. The lowest BCUT2D eigenvalue weighted by Gasteiger charge is -2.06. The molecule has 0 fully saturated rings. The van der Waals surface area contributed by atoms with Crippen molar-refractivity contribution in [2.24, 2.45) is 10.2 Å². The van der Waals surface area contributed by atoms with Gasteiger partial charge in [-0.3, -0.25) is 0 Å². The van der Waals surface area contributed by atoms with Crippen molar-refractivity contribution in [2.75, 3.05) is 13.2 Å². The summed E-state index contributed by atoms with van der Waals surface area (Å²) in [4.78, 5) is 11.3. The average Bonchev–Trinajstić information content (AvgIpc) is 2.99. The van der Waals surface area contributed by atoms with Crippen LogP contribution in [0, 0.1) is 0 Å². The molecule has 0 N–H and O–H groups in total. The third-order valence-corrected chi connectivity index (χ3v) is 7.26. The van der Waals surface area contributed by atoms with Crippen LogP contribution < -0.4 is 4.74 Å². The van der Waals surface area contributed by atoms with E-state index in [0.717, 1.165) is 49.4 Å². The Morgan fingerprint density at radius 2 is 1.10 bits per heavy atom. The predicted molar refractivity (Wildman–Crippen MR) is 172 cm³/mol. The lowest BCUT2D eigenvalue weighted by Crippen LogP contribution is -2.05. The molecule has 0 spiro atoms. The van der Waals surface area contributed by atoms with E-state index in [1.54, 1.807) is 6.92 Å². The molecule has 2 aromatic carbocycles. The molecule has 0 atom stereocenters. The minimum absolute atomic E-state index is 0.283. The van der Waals surface area contributed by atoms with E-state index in [9.17, 15) is 4.79 Å². The van der Waals surface area contributed by atoms with Gasteiger partial charge in [-0.25, -0.2) is 4.79 Å². The third-order valence-electron chi connectivity index (χ3n) is 7.26. The van der Waals surface area contributed by atoms with Crippen LogP contribution in [0.4, 0.5) is 11.4 Å². The number of azo groups is 1. The predicted octanol–water partition coefficient (Wildman–Crippen LogP) is 11.4. The van der Waals surface area contributed by atoms with E-state index >= 15 is 0 Å². The highest BCUT2D eigenvalue weighted by Crippen LogP contribution is 2.22. The van der Waals surface area contributed by atoms with Crippen LogP contribution in [0.3, 0.4) is 0 Å². The second kappa shape index (κ2) is 22.7. The number of esters is 1. The zero-order valence-corrected chi connectivity index (χ0v) is 25.9. The lowest BCUT2D eigenvalue weighted by atomic mass is 10.0. The highest BCUT2D eigenvalue weighted by Gasteiger charge is 2.02. The first-order valence-corrected chi connectivity index (χ1v) is 16.1. The van der Waals surface area contributed by atoms with Gasteiger partial charge in [0.05, 0.1) is 24.6 Å². The fraction of sp³-hybridized carbons (Fsp3) is 0.583. The smallest absolute Gasteiger partial charge is 0.333 e.